The highest BCUT2D eigenvalue weighted by molar-refractivity contribution is 6.42. The first-order valence-corrected chi connectivity index (χ1v) is 5.41. The van der Waals surface area contributed by atoms with E-state index < -0.39 is 0 Å². The molecule has 0 nitrogen and oxygen atoms in total. The molecular formula is C13H9Cl2. The third kappa shape index (κ3) is 2.53. The van der Waals surface area contributed by atoms with Crippen LogP contribution >= 0.6 is 23.2 Å². The topological polar surface area (TPSA) is 0 Å². The Morgan fingerprint density at radius 1 is 1.00 bits per heavy atom. The minimum absolute atomic E-state index is 0.602. The van der Waals surface area contributed by atoms with Crippen molar-refractivity contribution in [1.82, 2.24) is 0 Å². The van der Waals surface area contributed by atoms with Crippen molar-refractivity contribution < 1.29 is 0 Å². The van der Waals surface area contributed by atoms with Gasteiger partial charge in [-0.05, 0) is 29.7 Å². The first-order chi connectivity index (χ1) is 7.27. The van der Waals surface area contributed by atoms with E-state index in [1.807, 2.05) is 36.4 Å². The summed E-state index contributed by atoms with van der Waals surface area (Å²) in [5.41, 5.74) is 2.15. The molecule has 0 bridgehead atoms. The van der Waals surface area contributed by atoms with Crippen LogP contribution in [0.25, 0.3) is 0 Å². The summed E-state index contributed by atoms with van der Waals surface area (Å²) in [5.74, 6) is 0. The van der Waals surface area contributed by atoms with Crippen LogP contribution in [0, 0.1) is 6.07 Å². The van der Waals surface area contributed by atoms with Crippen LogP contribution in [-0.2, 0) is 6.42 Å². The summed E-state index contributed by atoms with van der Waals surface area (Å²) in [4.78, 5) is 0. The van der Waals surface area contributed by atoms with E-state index in [-0.39, 0.29) is 0 Å². The lowest BCUT2D eigenvalue weighted by Gasteiger charge is -2.05. The SMILES string of the molecule is Clc1cccc(Cc2[c]cccc2)c1Cl. The molecule has 0 aliphatic carbocycles. The lowest BCUT2D eigenvalue weighted by atomic mass is 10.1. The van der Waals surface area contributed by atoms with E-state index in [4.69, 9.17) is 23.2 Å². The summed E-state index contributed by atoms with van der Waals surface area (Å²) < 4.78 is 0. The third-order valence-electron chi connectivity index (χ3n) is 2.19. The van der Waals surface area contributed by atoms with Crippen LogP contribution in [0.1, 0.15) is 11.1 Å². The summed E-state index contributed by atoms with van der Waals surface area (Å²) in [6.07, 6.45) is 0.764. The molecule has 0 aliphatic heterocycles. The van der Waals surface area contributed by atoms with Gasteiger partial charge in [0.25, 0.3) is 0 Å². The predicted molar refractivity (Wildman–Crippen MR) is 64.5 cm³/mol. The third-order valence-corrected chi connectivity index (χ3v) is 3.04. The summed E-state index contributed by atoms with van der Waals surface area (Å²) in [7, 11) is 0. The van der Waals surface area contributed by atoms with Crippen molar-refractivity contribution in [3.63, 3.8) is 0 Å². The van der Waals surface area contributed by atoms with Gasteiger partial charge in [0.1, 0.15) is 0 Å². The van der Waals surface area contributed by atoms with Gasteiger partial charge < -0.3 is 0 Å². The molecule has 2 aromatic carbocycles. The van der Waals surface area contributed by atoms with Crippen molar-refractivity contribution in [2.45, 2.75) is 6.42 Å². The molecule has 0 fully saturated rings. The molecule has 0 saturated heterocycles. The van der Waals surface area contributed by atoms with Gasteiger partial charge in [-0.1, -0.05) is 59.6 Å². The fraction of sp³-hybridized carbons (Fsp3) is 0.0769. The van der Waals surface area contributed by atoms with Crippen LogP contribution in [0.3, 0.4) is 0 Å². The van der Waals surface area contributed by atoms with Gasteiger partial charge in [0.2, 0.25) is 0 Å². The lowest BCUT2D eigenvalue weighted by molar-refractivity contribution is 1.19. The highest BCUT2D eigenvalue weighted by atomic mass is 35.5. The Bertz CT molecular complexity index is 449. The smallest absolute Gasteiger partial charge is 0.0627 e. The molecule has 1 radical (unpaired) electrons. The molecule has 2 rings (SSSR count). The monoisotopic (exact) mass is 235 g/mol. The number of halogens is 2. The highest BCUT2D eigenvalue weighted by Gasteiger charge is 2.04. The zero-order chi connectivity index (χ0) is 10.7. The average Bonchev–Trinajstić information content (AvgIpc) is 2.26. The Labute approximate surface area is 99.5 Å². The zero-order valence-electron chi connectivity index (χ0n) is 8.00. The molecule has 0 amide bonds. The first-order valence-electron chi connectivity index (χ1n) is 4.66. The molecule has 0 spiro atoms. The quantitative estimate of drug-likeness (QED) is 0.725. The lowest BCUT2D eigenvalue weighted by Crippen LogP contribution is -1.89. The highest BCUT2D eigenvalue weighted by Crippen LogP contribution is 2.27. The minimum Gasteiger partial charge on any atom is -0.0827 e. The van der Waals surface area contributed by atoms with E-state index in [9.17, 15) is 0 Å². The molecule has 0 unspecified atom stereocenters. The van der Waals surface area contributed by atoms with Gasteiger partial charge >= 0.3 is 0 Å². The van der Waals surface area contributed by atoms with Crippen LogP contribution in [0.4, 0.5) is 0 Å². The maximum absolute atomic E-state index is 6.10. The molecule has 2 aromatic rings. The summed E-state index contributed by atoms with van der Waals surface area (Å²) in [6.45, 7) is 0. The number of benzene rings is 2. The molecule has 0 N–H and O–H groups in total. The van der Waals surface area contributed by atoms with Gasteiger partial charge in [0, 0.05) is 0 Å². The van der Waals surface area contributed by atoms with Gasteiger partial charge in [0.15, 0.2) is 0 Å². The largest absolute Gasteiger partial charge is 0.0827 e. The number of hydrogen-bond donors (Lipinski definition) is 0. The molecule has 2 heteroatoms. The van der Waals surface area contributed by atoms with E-state index in [2.05, 4.69) is 6.07 Å². The Kier molecular flexibility index (Phi) is 3.30. The maximum atomic E-state index is 6.10. The maximum Gasteiger partial charge on any atom is 0.0627 e. The molecule has 0 heterocycles. The fourth-order valence-corrected chi connectivity index (χ4v) is 1.82. The molecule has 15 heavy (non-hydrogen) atoms. The van der Waals surface area contributed by atoms with E-state index >= 15 is 0 Å². The van der Waals surface area contributed by atoms with E-state index in [1.165, 1.54) is 0 Å². The molecule has 0 atom stereocenters. The van der Waals surface area contributed by atoms with Crippen molar-refractivity contribution in [2.24, 2.45) is 0 Å². The van der Waals surface area contributed by atoms with Gasteiger partial charge in [-0.2, -0.15) is 0 Å². The van der Waals surface area contributed by atoms with Crippen molar-refractivity contribution in [2.75, 3.05) is 0 Å². The second-order valence-electron chi connectivity index (χ2n) is 3.28. The Hall–Kier alpha value is -0.980. The second kappa shape index (κ2) is 4.69. The van der Waals surface area contributed by atoms with E-state index in [0.29, 0.717) is 10.0 Å². The van der Waals surface area contributed by atoms with Crippen molar-refractivity contribution in [3.05, 3.63) is 69.7 Å². The molecule has 0 saturated carbocycles. The second-order valence-corrected chi connectivity index (χ2v) is 4.06. The molecule has 0 aliphatic rings. The molecule has 0 aromatic heterocycles. The van der Waals surface area contributed by atoms with Crippen LogP contribution in [-0.4, -0.2) is 0 Å². The van der Waals surface area contributed by atoms with Gasteiger partial charge in [0.05, 0.1) is 10.0 Å². The first kappa shape index (κ1) is 10.5. The fourth-order valence-electron chi connectivity index (χ4n) is 1.43. The van der Waals surface area contributed by atoms with Gasteiger partial charge in [-0.3, -0.25) is 0 Å². The van der Waals surface area contributed by atoms with Crippen LogP contribution in [0.15, 0.2) is 42.5 Å². The Morgan fingerprint density at radius 3 is 2.60 bits per heavy atom. The van der Waals surface area contributed by atoms with Crippen molar-refractivity contribution >= 4 is 23.2 Å². The van der Waals surface area contributed by atoms with Crippen molar-refractivity contribution in [3.8, 4) is 0 Å². The van der Waals surface area contributed by atoms with Crippen LogP contribution in [0.5, 0.6) is 0 Å². The van der Waals surface area contributed by atoms with Crippen molar-refractivity contribution in [1.29, 1.82) is 0 Å². The standard InChI is InChI=1S/C13H9Cl2/c14-12-8-4-7-11(13(12)15)9-10-5-2-1-3-6-10/h1-5,7-8H,9H2. The molecule has 75 valence electrons. The normalized spacial score (nSPS) is 10.3. The summed E-state index contributed by atoms with van der Waals surface area (Å²) in [5, 5.41) is 1.24. The molecular weight excluding hydrogens is 227 g/mol. The Morgan fingerprint density at radius 2 is 1.87 bits per heavy atom. The van der Waals surface area contributed by atoms with E-state index in [1.54, 1.807) is 6.07 Å². The minimum atomic E-state index is 0.602. The van der Waals surface area contributed by atoms with E-state index in [0.717, 1.165) is 17.5 Å². The zero-order valence-corrected chi connectivity index (χ0v) is 9.52. The summed E-state index contributed by atoms with van der Waals surface area (Å²) >= 11 is 12.0. The predicted octanol–water partition coefficient (Wildman–Crippen LogP) is 4.38. The number of hydrogen-bond acceptors (Lipinski definition) is 0. The Balaban J connectivity index is 2.29. The van der Waals surface area contributed by atoms with Crippen LogP contribution in [0.2, 0.25) is 10.0 Å². The average molecular weight is 236 g/mol. The van der Waals surface area contributed by atoms with Gasteiger partial charge in [-0.25, -0.2) is 0 Å². The van der Waals surface area contributed by atoms with Gasteiger partial charge in [-0.15, -0.1) is 0 Å². The van der Waals surface area contributed by atoms with Crippen LogP contribution < -0.4 is 0 Å². The number of rotatable bonds is 2. The summed E-state index contributed by atoms with van der Waals surface area (Å²) in [6, 6.07) is 16.7.